The van der Waals surface area contributed by atoms with Gasteiger partial charge in [0.1, 0.15) is 11.5 Å². The molecule has 2 aromatic rings. The van der Waals surface area contributed by atoms with Crippen LogP contribution in [0.25, 0.3) is 10.9 Å². The van der Waals surface area contributed by atoms with E-state index in [2.05, 4.69) is 9.97 Å². The summed E-state index contributed by atoms with van der Waals surface area (Å²) >= 11 is 7.47. The van der Waals surface area contributed by atoms with Crippen LogP contribution in [0.2, 0.25) is 5.15 Å². The van der Waals surface area contributed by atoms with Crippen molar-refractivity contribution < 1.29 is 0 Å². The maximum atomic E-state index is 5.83. The summed E-state index contributed by atoms with van der Waals surface area (Å²) in [6.45, 7) is 2.02. The Morgan fingerprint density at radius 3 is 3.00 bits per heavy atom. The van der Waals surface area contributed by atoms with Crippen molar-refractivity contribution in [2.24, 2.45) is 0 Å². The van der Waals surface area contributed by atoms with Crippen LogP contribution >= 0.6 is 22.9 Å². The van der Waals surface area contributed by atoms with Crippen LogP contribution < -0.4 is 0 Å². The molecule has 0 unspecified atom stereocenters. The van der Waals surface area contributed by atoms with E-state index in [9.17, 15) is 0 Å². The zero-order chi connectivity index (χ0) is 7.84. The molecule has 0 aliphatic carbocycles. The first-order valence-corrected chi connectivity index (χ1v) is 4.39. The molecule has 2 rings (SSSR count). The molecule has 2 nitrogen and oxygen atoms in total. The molecule has 0 N–H and O–H groups in total. The van der Waals surface area contributed by atoms with Crippen LogP contribution in [0.4, 0.5) is 0 Å². The average molecular weight is 185 g/mol. The number of aromatic nitrogens is 2. The van der Waals surface area contributed by atoms with E-state index in [0.717, 1.165) is 10.9 Å². The normalized spacial score (nSPS) is 10.7. The fraction of sp³-hybridized carbons (Fsp3) is 0.143. The van der Waals surface area contributed by atoms with Gasteiger partial charge in [0.05, 0.1) is 5.52 Å². The first kappa shape index (κ1) is 7.00. The molecule has 0 saturated carbocycles. The minimum atomic E-state index is 0.541. The van der Waals surface area contributed by atoms with E-state index in [1.54, 1.807) is 11.3 Å². The van der Waals surface area contributed by atoms with Gasteiger partial charge >= 0.3 is 0 Å². The summed E-state index contributed by atoms with van der Waals surface area (Å²) in [5, 5.41) is 3.48. The third-order valence-electron chi connectivity index (χ3n) is 1.52. The van der Waals surface area contributed by atoms with Crippen molar-refractivity contribution in [3.8, 4) is 0 Å². The van der Waals surface area contributed by atoms with Gasteiger partial charge in [-0.2, -0.15) is 0 Å². The second-order valence-electron chi connectivity index (χ2n) is 2.22. The minimum absolute atomic E-state index is 0.541. The lowest BCUT2D eigenvalue weighted by Gasteiger charge is -1.90. The Morgan fingerprint density at radius 1 is 1.45 bits per heavy atom. The van der Waals surface area contributed by atoms with Gasteiger partial charge in [-0.15, -0.1) is 11.3 Å². The molecule has 0 aliphatic rings. The van der Waals surface area contributed by atoms with Gasteiger partial charge in [-0.3, -0.25) is 0 Å². The van der Waals surface area contributed by atoms with Crippen LogP contribution in [0.3, 0.4) is 0 Å². The van der Waals surface area contributed by atoms with Crippen LogP contribution in [0.1, 0.15) is 4.88 Å². The summed E-state index contributed by atoms with van der Waals surface area (Å²) in [6.07, 6.45) is 1.49. The van der Waals surface area contributed by atoms with Crippen LogP contribution in [-0.2, 0) is 0 Å². The first-order valence-electron chi connectivity index (χ1n) is 3.13. The molecule has 2 aromatic heterocycles. The van der Waals surface area contributed by atoms with Crippen molar-refractivity contribution >= 4 is 33.8 Å². The molecule has 4 heteroatoms. The Bertz CT molecular complexity index is 396. The van der Waals surface area contributed by atoms with Crippen molar-refractivity contribution in [3.05, 3.63) is 21.7 Å². The Balaban J connectivity index is 2.94. The van der Waals surface area contributed by atoms with E-state index >= 15 is 0 Å². The number of fused-ring (bicyclic) bond motifs is 1. The van der Waals surface area contributed by atoms with E-state index in [1.807, 2.05) is 12.3 Å². The number of nitrogens with zero attached hydrogens (tertiary/aromatic N) is 2. The van der Waals surface area contributed by atoms with E-state index in [4.69, 9.17) is 11.6 Å². The van der Waals surface area contributed by atoms with Crippen molar-refractivity contribution in [1.82, 2.24) is 9.97 Å². The highest BCUT2D eigenvalue weighted by atomic mass is 35.5. The highest BCUT2D eigenvalue weighted by molar-refractivity contribution is 7.11. The summed E-state index contributed by atoms with van der Waals surface area (Å²) in [6, 6.07) is 0. The van der Waals surface area contributed by atoms with Crippen LogP contribution in [-0.4, -0.2) is 9.97 Å². The summed E-state index contributed by atoms with van der Waals surface area (Å²) in [4.78, 5) is 9.18. The van der Waals surface area contributed by atoms with E-state index in [-0.39, 0.29) is 0 Å². The molecule has 56 valence electrons. The summed E-state index contributed by atoms with van der Waals surface area (Å²) in [5.74, 6) is 0. The van der Waals surface area contributed by atoms with Gasteiger partial charge in [0, 0.05) is 15.6 Å². The van der Waals surface area contributed by atoms with Crippen LogP contribution in [0.15, 0.2) is 11.7 Å². The zero-order valence-electron chi connectivity index (χ0n) is 5.84. The molecule has 0 radical (unpaired) electrons. The molecule has 0 atom stereocenters. The lowest BCUT2D eigenvalue weighted by molar-refractivity contribution is 1.22. The first-order chi connectivity index (χ1) is 5.29. The van der Waals surface area contributed by atoms with Crippen molar-refractivity contribution in [2.75, 3.05) is 0 Å². The molecule has 2 heterocycles. The average Bonchev–Trinajstić information content (AvgIpc) is 2.35. The van der Waals surface area contributed by atoms with E-state index in [0.29, 0.717) is 5.15 Å². The molecule has 0 aromatic carbocycles. The van der Waals surface area contributed by atoms with E-state index in [1.165, 1.54) is 11.2 Å². The Hall–Kier alpha value is -0.670. The number of hydrogen-bond acceptors (Lipinski definition) is 3. The fourth-order valence-electron chi connectivity index (χ4n) is 0.962. The molecule has 0 fully saturated rings. The fourth-order valence-corrected chi connectivity index (χ4v) is 2.01. The molecule has 0 saturated heterocycles. The maximum absolute atomic E-state index is 5.83. The third-order valence-corrected chi connectivity index (χ3v) is 2.72. The van der Waals surface area contributed by atoms with E-state index < -0.39 is 0 Å². The SMILES string of the molecule is Cc1scc2c(Cl)ncnc12. The van der Waals surface area contributed by atoms with Gasteiger partial charge in [-0.1, -0.05) is 11.6 Å². The van der Waals surface area contributed by atoms with Gasteiger partial charge in [0.2, 0.25) is 0 Å². The highest BCUT2D eigenvalue weighted by Gasteiger charge is 2.04. The molecule has 0 amide bonds. The van der Waals surface area contributed by atoms with Crippen LogP contribution in [0.5, 0.6) is 0 Å². The van der Waals surface area contributed by atoms with Crippen LogP contribution in [0, 0.1) is 6.92 Å². The molecule has 0 aliphatic heterocycles. The number of hydrogen-bond donors (Lipinski definition) is 0. The van der Waals surface area contributed by atoms with Crippen molar-refractivity contribution in [2.45, 2.75) is 6.92 Å². The summed E-state index contributed by atoms with van der Waals surface area (Å²) in [5.41, 5.74) is 0.968. The minimum Gasteiger partial charge on any atom is -0.235 e. The topological polar surface area (TPSA) is 25.8 Å². The lowest BCUT2D eigenvalue weighted by atomic mass is 10.3. The van der Waals surface area contributed by atoms with Gasteiger partial charge in [-0.25, -0.2) is 9.97 Å². The quantitative estimate of drug-likeness (QED) is 0.589. The van der Waals surface area contributed by atoms with Crippen molar-refractivity contribution in [1.29, 1.82) is 0 Å². The molecule has 11 heavy (non-hydrogen) atoms. The van der Waals surface area contributed by atoms with Gasteiger partial charge in [0.25, 0.3) is 0 Å². The zero-order valence-corrected chi connectivity index (χ0v) is 7.41. The number of rotatable bonds is 0. The smallest absolute Gasteiger partial charge is 0.141 e. The Kier molecular flexibility index (Phi) is 1.55. The second kappa shape index (κ2) is 2.43. The van der Waals surface area contributed by atoms with Gasteiger partial charge in [-0.05, 0) is 6.92 Å². The third kappa shape index (κ3) is 1.01. The molecule has 0 bridgehead atoms. The Labute approximate surface area is 72.9 Å². The Morgan fingerprint density at radius 2 is 2.27 bits per heavy atom. The molecular weight excluding hydrogens is 180 g/mol. The van der Waals surface area contributed by atoms with Gasteiger partial charge < -0.3 is 0 Å². The van der Waals surface area contributed by atoms with Gasteiger partial charge in [0.15, 0.2) is 0 Å². The van der Waals surface area contributed by atoms with Crippen molar-refractivity contribution in [3.63, 3.8) is 0 Å². The molecule has 0 spiro atoms. The maximum Gasteiger partial charge on any atom is 0.141 e. The number of halogens is 1. The highest BCUT2D eigenvalue weighted by Crippen LogP contribution is 2.26. The predicted molar refractivity (Wildman–Crippen MR) is 47.2 cm³/mol. The second-order valence-corrected chi connectivity index (χ2v) is 3.66. The lowest BCUT2D eigenvalue weighted by Crippen LogP contribution is -1.79. The largest absolute Gasteiger partial charge is 0.235 e. The number of thiophene rings is 1. The summed E-state index contributed by atoms with van der Waals surface area (Å²) in [7, 11) is 0. The standard InChI is InChI=1S/C7H5ClN2S/c1-4-6-5(2-11-4)7(8)10-3-9-6/h2-3H,1H3. The monoisotopic (exact) mass is 184 g/mol. The number of aryl methyl sites for hydroxylation is 1. The predicted octanol–water partition coefficient (Wildman–Crippen LogP) is 2.65. The summed E-state index contributed by atoms with van der Waals surface area (Å²) < 4.78 is 0. The molecular formula is C7H5ClN2S.